The molecule has 78 valence electrons. The molecule has 0 unspecified atom stereocenters. The Hall–Kier alpha value is -1.02. The summed E-state index contributed by atoms with van der Waals surface area (Å²) in [4.78, 5) is 2.29. The normalized spacial score (nSPS) is 10.3. The molecule has 0 spiro atoms. The molecule has 1 aromatic rings. The quantitative estimate of drug-likeness (QED) is 0.784. The van der Waals surface area contributed by atoms with E-state index in [0.29, 0.717) is 0 Å². The van der Waals surface area contributed by atoms with Crippen LogP contribution in [0.2, 0.25) is 0 Å². The molecule has 1 aromatic carbocycles. The highest BCUT2D eigenvalue weighted by Crippen LogP contribution is 2.19. The first-order valence-electron chi connectivity index (χ1n) is 5.08. The maximum atomic E-state index is 3.16. The molecule has 0 saturated carbocycles. The SMILES string of the molecule is CNCCN(C)c1cc(C)ccc1C. The van der Waals surface area contributed by atoms with E-state index in [2.05, 4.69) is 49.3 Å². The van der Waals surface area contributed by atoms with E-state index in [0.717, 1.165) is 13.1 Å². The van der Waals surface area contributed by atoms with Gasteiger partial charge in [0, 0.05) is 25.8 Å². The van der Waals surface area contributed by atoms with E-state index in [1.807, 2.05) is 7.05 Å². The largest absolute Gasteiger partial charge is 0.373 e. The molecule has 2 heteroatoms. The van der Waals surface area contributed by atoms with Crippen molar-refractivity contribution in [2.24, 2.45) is 0 Å². The molecule has 2 nitrogen and oxygen atoms in total. The van der Waals surface area contributed by atoms with Gasteiger partial charge >= 0.3 is 0 Å². The smallest absolute Gasteiger partial charge is 0.0396 e. The standard InChI is InChI=1S/C12H20N2/c1-10-5-6-11(2)12(9-10)14(4)8-7-13-3/h5-6,9,13H,7-8H2,1-4H3. The van der Waals surface area contributed by atoms with Gasteiger partial charge in [-0.2, -0.15) is 0 Å². The van der Waals surface area contributed by atoms with Crippen molar-refractivity contribution in [2.75, 3.05) is 32.1 Å². The van der Waals surface area contributed by atoms with Crippen molar-refractivity contribution in [1.29, 1.82) is 0 Å². The van der Waals surface area contributed by atoms with Gasteiger partial charge in [-0.15, -0.1) is 0 Å². The summed E-state index contributed by atoms with van der Waals surface area (Å²) < 4.78 is 0. The molecule has 0 fully saturated rings. The topological polar surface area (TPSA) is 15.3 Å². The fourth-order valence-electron chi connectivity index (χ4n) is 1.53. The van der Waals surface area contributed by atoms with Crippen LogP contribution in [0.4, 0.5) is 5.69 Å². The molecule has 0 radical (unpaired) electrons. The van der Waals surface area contributed by atoms with Crippen molar-refractivity contribution < 1.29 is 0 Å². The van der Waals surface area contributed by atoms with E-state index < -0.39 is 0 Å². The lowest BCUT2D eigenvalue weighted by Crippen LogP contribution is -2.27. The van der Waals surface area contributed by atoms with Crippen LogP contribution in [-0.4, -0.2) is 27.2 Å². The molecule has 1 rings (SSSR count). The first kappa shape index (κ1) is 11.1. The summed E-state index contributed by atoms with van der Waals surface area (Å²) in [6, 6.07) is 6.58. The molecule has 0 amide bonds. The number of hydrogen-bond donors (Lipinski definition) is 1. The lowest BCUT2D eigenvalue weighted by molar-refractivity contribution is 0.766. The number of hydrogen-bond acceptors (Lipinski definition) is 2. The van der Waals surface area contributed by atoms with Crippen molar-refractivity contribution >= 4 is 5.69 Å². The minimum absolute atomic E-state index is 1.02. The highest BCUT2D eigenvalue weighted by molar-refractivity contribution is 5.54. The summed E-state index contributed by atoms with van der Waals surface area (Å²) in [7, 11) is 4.12. The maximum absolute atomic E-state index is 3.16. The second kappa shape index (κ2) is 5.01. The van der Waals surface area contributed by atoms with Gasteiger partial charge in [0.25, 0.3) is 0 Å². The number of aryl methyl sites for hydroxylation is 2. The number of likely N-dealkylation sites (N-methyl/N-ethyl adjacent to an activating group) is 2. The third-order valence-corrected chi connectivity index (χ3v) is 2.47. The molecule has 0 aliphatic carbocycles. The maximum Gasteiger partial charge on any atom is 0.0396 e. The molecule has 0 aliphatic heterocycles. The summed E-state index contributed by atoms with van der Waals surface area (Å²) in [5.74, 6) is 0. The van der Waals surface area contributed by atoms with Crippen LogP contribution in [-0.2, 0) is 0 Å². The molecular formula is C12H20N2. The molecule has 0 atom stereocenters. The lowest BCUT2D eigenvalue weighted by Gasteiger charge is -2.21. The van der Waals surface area contributed by atoms with Crippen LogP contribution in [0.25, 0.3) is 0 Å². The Bertz CT molecular complexity index is 294. The number of rotatable bonds is 4. The van der Waals surface area contributed by atoms with E-state index >= 15 is 0 Å². The van der Waals surface area contributed by atoms with E-state index in [9.17, 15) is 0 Å². The van der Waals surface area contributed by atoms with E-state index in [4.69, 9.17) is 0 Å². The van der Waals surface area contributed by atoms with Crippen molar-refractivity contribution in [1.82, 2.24) is 5.32 Å². The van der Waals surface area contributed by atoms with Gasteiger partial charge in [0.1, 0.15) is 0 Å². The van der Waals surface area contributed by atoms with Crippen LogP contribution in [0.5, 0.6) is 0 Å². The van der Waals surface area contributed by atoms with E-state index in [-0.39, 0.29) is 0 Å². The Balaban J connectivity index is 2.77. The van der Waals surface area contributed by atoms with E-state index in [1.54, 1.807) is 0 Å². The number of anilines is 1. The summed E-state index contributed by atoms with van der Waals surface area (Å²) >= 11 is 0. The minimum Gasteiger partial charge on any atom is -0.373 e. The Kier molecular flexibility index (Phi) is 3.96. The Morgan fingerprint density at radius 2 is 2.00 bits per heavy atom. The van der Waals surface area contributed by atoms with Crippen molar-refractivity contribution in [3.05, 3.63) is 29.3 Å². The van der Waals surface area contributed by atoms with Crippen LogP contribution in [0.1, 0.15) is 11.1 Å². The van der Waals surface area contributed by atoms with Crippen LogP contribution in [0.3, 0.4) is 0 Å². The third kappa shape index (κ3) is 2.74. The molecule has 0 aromatic heterocycles. The van der Waals surface area contributed by atoms with Crippen molar-refractivity contribution in [3.63, 3.8) is 0 Å². The van der Waals surface area contributed by atoms with E-state index in [1.165, 1.54) is 16.8 Å². The average molecular weight is 192 g/mol. The second-order valence-electron chi connectivity index (χ2n) is 3.82. The zero-order chi connectivity index (χ0) is 10.6. The molecule has 14 heavy (non-hydrogen) atoms. The van der Waals surface area contributed by atoms with Gasteiger partial charge in [-0.1, -0.05) is 12.1 Å². The van der Waals surface area contributed by atoms with Crippen LogP contribution in [0.15, 0.2) is 18.2 Å². The highest BCUT2D eigenvalue weighted by Gasteiger charge is 2.03. The fraction of sp³-hybridized carbons (Fsp3) is 0.500. The van der Waals surface area contributed by atoms with Crippen LogP contribution in [0, 0.1) is 13.8 Å². The zero-order valence-corrected chi connectivity index (χ0v) is 9.59. The predicted octanol–water partition coefficient (Wildman–Crippen LogP) is 1.96. The second-order valence-corrected chi connectivity index (χ2v) is 3.82. The first-order chi connectivity index (χ1) is 6.65. The molecule has 0 aliphatic rings. The summed E-state index contributed by atoms with van der Waals surface area (Å²) in [6.45, 7) is 6.35. The van der Waals surface area contributed by atoms with Crippen LogP contribution < -0.4 is 10.2 Å². The monoisotopic (exact) mass is 192 g/mol. The van der Waals surface area contributed by atoms with Crippen LogP contribution >= 0.6 is 0 Å². The fourth-order valence-corrected chi connectivity index (χ4v) is 1.53. The molecule has 1 N–H and O–H groups in total. The Labute approximate surface area is 86.9 Å². The predicted molar refractivity (Wildman–Crippen MR) is 63.1 cm³/mol. The molecule has 0 heterocycles. The third-order valence-electron chi connectivity index (χ3n) is 2.47. The summed E-state index contributed by atoms with van der Waals surface area (Å²) in [6.07, 6.45) is 0. The van der Waals surface area contributed by atoms with Gasteiger partial charge in [0.15, 0.2) is 0 Å². The molecular weight excluding hydrogens is 172 g/mol. The Morgan fingerprint density at radius 1 is 1.29 bits per heavy atom. The van der Waals surface area contributed by atoms with Gasteiger partial charge in [0.2, 0.25) is 0 Å². The molecule has 0 bridgehead atoms. The van der Waals surface area contributed by atoms with Crippen molar-refractivity contribution in [3.8, 4) is 0 Å². The molecule has 0 saturated heterocycles. The van der Waals surface area contributed by atoms with Gasteiger partial charge in [-0.25, -0.2) is 0 Å². The summed E-state index contributed by atoms with van der Waals surface area (Å²) in [5.41, 5.74) is 4.00. The lowest BCUT2D eigenvalue weighted by atomic mass is 10.1. The average Bonchev–Trinajstić information content (AvgIpc) is 2.18. The first-order valence-corrected chi connectivity index (χ1v) is 5.08. The highest BCUT2D eigenvalue weighted by atomic mass is 15.1. The Morgan fingerprint density at radius 3 is 2.64 bits per heavy atom. The zero-order valence-electron chi connectivity index (χ0n) is 9.59. The van der Waals surface area contributed by atoms with Crippen molar-refractivity contribution in [2.45, 2.75) is 13.8 Å². The van der Waals surface area contributed by atoms with Gasteiger partial charge < -0.3 is 10.2 Å². The van der Waals surface area contributed by atoms with Gasteiger partial charge in [-0.3, -0.25) is 0 Å². The number of nitrogens with one attached hydrogen (secondary N) is 1. The minimum atomic E-state index is 1.02. The van der Waals surface area contributed by atoms with Gasteiger partial charge in [0.05, 0.1) is 0 Å². The number of nitrogens with zero attached hydrogens (tertiary/aromatic N) is 1. The number of benzene rings is 1. The van der Waals surface area contributed by atoms with Gasteiger partial charge in [-0.05, 0) is 38.1 Å². The summed E-state index contributed by atoms with van der Waals surface area (Å²) in [5, 5.41) is 3.16.